The first kappa shape index (κ1) is 34.5. The summed E-state index contributed by atoms with van der Waals surface area (Å²) in [6.45, 7) is 2.00. The molecule has 1 saturated carbocycles. The van der Waals surface area contributed by atoms with Gasteiger partial charge >= 0.3 is 6.18 Å². The summed E-state index contributed by atoms with van der Waals surface area (Å²) in [5.74, 6) is -1.61. The van der Waals surface area contributed by atoms with E-state index < -0.39 is 17.6 Å². The number of hydrogen-bond donors (Lipinski definition) is 3. The van der Waals surface area contributed by atoms with Crippen molar-refractivity contribution in [3.63, 3.8) is 0 Å². The lowest BCUT2D eigenvalue weighted by Crippen LogP contribution is -2.28. The largest absolute Gasteiger partial charge is 0.416 e. The van der Waals surface area contributed by atoms with Gasteiger partial charge in [-0.25, -0.2) is 9.37 Å². The summed E-state index contributed by atoms with van der Waals surface area (Å²) in [4.78, 5) is 25.2. The average Bonchev–Trinajstić information content (AvgIpc) is 3.35. The van der Waals surface area contributed by atoms with E-state index in [1.165, 1.54) is 0 Å². The van der Waals surface area contributed by atoms with Gasteiger partial charge in [0.25, 0.3) is 0 Å². The molecule has 1 aliphatic rings. The van der Waals surface area contributed by atoms with Gasteiger partial charge < -0.3 is 14.7 Å². The lowest BCUT2D eigenvalue weighted by atomic mass is 9.77. The Balaban J connectivity index is 0.000000966. The summed E-state index contributed by atoms with van der Waals surface area (Å²) in [6, 6.07) is 16.6. The highest BCUT2D eigenvalue weighted by Crippen LogP contribution is 2.38. The summed E-state index contributed by atoms with van der Waals surface area (Å²) in [7, 11) is 3.70. The lowest BCUT2D eigenvalue weighted by molar-refractivity contribution is -0.137. The number of aromatic nitrogens is 2. The first-order chi connectivity index (χ1) is 19.6. The van der Waals surface area contributed by atoms with Crippen LogP contribution in [0, 0.1) is 11.7 Å². The van der Waals surface area contributed by atoms with Gasteiger partial charge in [0.2, 0.25) is 5.91 Å². The second-order valence-electron chi connectivity index (χ2n) is 9.65. The first-order valence-corrected chi connectivity index (χ1v) is 13.3. The number of nitrogens with zero attached hydrogens (tertiary/aromatic N) is 2. The van der Waals surface area contributed by atoms with Gasteiger partial charge in [-0.05, 0) is 79.3 Å². The van der Waals surface area contributed by atoms with Crippen molar-refractivity contribution in [1.82, 2.24) is 14.3 Å². The number of hydrogen-bond acceptors (Lipinski definition) is 5. The van der Waals surface area contributed by atoms with Crippen LogP contribution in [0.15, 0.2) is 67.0 Å². The molecule has 1 aliphatic carbocycles. The third-order valence-electron chi connectivity index (χ3n) is 7.04. The van der Waals surface area contributed by atoms with Gasteiger partial charge in [0.1, 0.15) is 12.6 Å². The Morgan fingerprint density at radius 3 is 2.29 bits per heavy atom. The summed E-state index contributed by atoms with van der Waals surface area (Å²) in [5.41, 5.74) is 3.98. The summed E-state index contributed by atoms with van der Waals surface area (Å²) in [5, 5.41) is 2.49. The van der Waals surface area contributed by atoms with Gasteiger partial charge in [0.05, 0.1) is 28.6 Å². The van der Waals surface area contributed by atoms with Crippen LogP contribution in [0.1, 0.15) is 50.2 Å². The van der Waals surface area contributed by atoms with Crippen LogP contribution in [0.4, 0.5) is 23.2 Å². The number of nitrogens with one attached hydrogen (secondary N) is 2. The van der Waals surface area contributed by atoms with E-state index in [1.807, 2.05) is 18.4 Å². The fourth-order valence-corrected chi connectivity index (χ4v) is 5.02. The predicted molar refractivity (Wildman–Crippen MR) is 163 cm³/mol. The van der Waals surface area contributed by atoms with Crippen LogP contribution < -0.4 is 10.0 Å². The van der Waals surface area contributed by atoms with E-state index in [1.54, 1.807) is 13.4 Å². The number of anilines is 1. The molecule has 2 N–H and O–H groups in total. The molecule has 1 amide bonds. The molecule has 0 spiro atoms. The molecule has 1 heterocycles. The molecule has 2 atom stereocenters. The first-order valence-electron chi connectivity index (χ1n) is 12.9. The minimum atomic E-state index is -4.64. The van der Waals surface area contributed by atoms with Gasteiger partial charge in [-0.1, -0.05) is 57.0 Å². The molecule has 5 rings (SSSR count). The van der Waals surface area contributed by atoms with E-state index in [4.69, 9.17) is 4.79 Å². The topological polar surface area (TPSA) is 76.0 Å². The number of alkyl halides is 3. The Labute approximate surface area is 249 Å². The summed E-state index contributed by atoms with van der Waals surface area (Å²) in [6.07, 6.45) is 0.202. The zero-order valence-electron chi connectivity index (χ0n) is 22.7. The molecular weight excluding hydrogens is 568 g/mol. The molecular formula is C31H36F4N4O2S. The minimum absolute atomic E-state index is 0. The number of thiol groups is 1. The van der Waals surface area contributed by atoms with Gasteiger partial charge in [-0.3, -0.25) is 9.52 Å². The van der Waals surface area contributed by atoms with Crippen molar-refractivity contribution in [2.24, 2.45) is 13.0 Å². The van der Waals surface area contributed by atoms with Gasteiger partial charge in [0.15, 0.2) is 0 Å². The van der Waals surface area contributed by atoms with Crippen molar-refractivity contribution < 1.29 is 27.2 Å². The van der Waals surface area contributed by atoms with Gasteiger partial charge in [0, 0.05) is 13.0 Å². The summed E-state index contributed by atoms with van der Waals surface area (Å²) >= 11 is 3.54. The van der Waals surface area contributed by atoms with Crippen molar-refractivity contribution in [3.8, 4) is 11.1 Å². The number of imidazole rings is 1. The number of aryl methyl sites for hydroxylation is 1. The number of halogens is 4. The Kier molecular flexibility index (Phi) is 12.7. The maximum Gasteiger partial charge on any atom is 0.416 e. The quantitative estimate of drug-likeness (QED) is 0.164. The molecule has 4 aromatic rings. The highest BCUT2D eigenvalue weighted by atomic mass is 32.1. The molecule has 0 saturated heterocycles. The van der Waals surface area contributed by atoms with Crippen molar-refractivity contribution >= 4 is 42.2 Å². The van der Waals surface area contributed by atoms with E-state index in [2.05, 4.69) is 70.3 Å². The smallest absolute Gasteiger partial charge is 0.334 e. The molecule has 1 fully saturated rings. The van der Waals surface area contributed by atoms with E-state index in [9.17, 15) is 22.4 Å². The standard InChI is InChI=1S/C28H25F4N3O.CH5NS.CH2O.CH4/c1-35-16-33-25-14-20(9-12-26(25)35)18-7-5-17(6-8-18)19-3-2-4-21(13-19)27(36)34-24-11-10-22(15-23(24)29)28(30,31)32;1-2-3;1-2;/h5-12,14-16,19,21H,2-4,13H2,1H3,(H,34,36);2-3H,1H3;1H2;1H4. The molecule has 226 valence electrons. The van der Waals surface area contributed by atoms with Crippen LogP contribution in [0.2, 0.25) is 0 Å². The van der Waals surface area contributed by atoms with Crippen LogP contribution >= 0.6 is 12.8 Å². The van der Waals surface area contributed by atoms with Crippen molar-refractivity contribution in [2.45, 2.75) is 45.2 Å². The maximum absolute atomic E-state index is 14.2. The SMILES string of the molecule is C.C=O.CNS.Cn1cnc2cc(-c3ccc(C4CCCC(C(=O)Nc5ccc(C(F)(F)F)cc5F)C4)cc3)ccc21. The molecule has 6 nitrogen and oxygen atoms in total. The lowest BCUT2D eigenvalue weighted by Gasteiger charge is -2.29. The van der Waals surface area contributed by atoms with Crippen LogP contribution in [-0.2, 0) is 22.8 Å². The van der Waals surface area contributed by atoms with E-state index >= 15 is 0 Å². The molecule has 1 aromatic heterocycles. The van der Waals surface area contributed by atoms with Gasteiger partial charge in [-0.2, -0.15) is 13.2 Å². The Bertz CT molecular complexity index is 1460. The Hall–Kier alpha value is -3.70. The number of carbonyl (C=O) groups is 2. The Morgan fingerprint density at radius 1 is 1.02 bits per heavy atom. The fraction of sp³-hybridized carbons (Fsp3) is 0.323. The third kappa shape index (κ3) is 8.42. The van der Waals surface area contributed by atoms with Crippen molar-refractivity contribution in [1.29, 1.82) is 0 Å². The second-order valence-corrected chi connectivity index (χ2v) is 10.1. The normalized spacial score (nSPS) is 16.3. The predicted octanol–water partition coefficient (Wildman–Crippen LogP) is 7.81. The van der Waals surface area contributed by atoms with Gasteiger partial charge in [-0.15, -0.1) is 0 Å². The number of fused-ring (bicyclic) bond motifs is 1. The average molecular weight is 605 g/mol. The van der Waals surface area contributed by atoms with Crippen LogP contribution in [0.25, 0.3) is 22.2 Å². The van der Waals surface area contributed by atoms with E-state index in [-0.39, 0.29) is 30.9 Å². The second kappa shape index (κ2) is 15.5. The van der Waals surface area contributed by atoms with E-state index in [0.717, 1.165) is 52.7 Å². The highest BCUT2D eigenvalue weighted by Gasteiger charge is 2.32. The maximum atomic E-state index is 14.2. The van der Waals surface area contributed by atoms with Crippen LogP contribution in [-0.4, -0.2) is 29.3 Å². The van der Waals surface area contributed by atoms with Crippen LogP contribution in [0.5, 0.6) is 0 Å². The Morgan fingerprint density at radius 2 is 1.67 bits per heavy atom. The fourth-order valence-electron chi connectivity index (χ4n) is 5.02. The monoisotopic (exact) mass is 604 g/mol. The molecule has 11 heteroatoms. The minimum Gasteiger partial charge on any atom is -0.334 e. The highest BCUT2D eigenvalue weighted by molar-refractivity contribution is 7.78. The molecule has 2 unspecified atom stereocenters. The van der Waals surface area contributed by atoms with Crippen molar-refractivity contribution in [3.05, 3.63) is 83.9 Å². The molecule has 0 radical (unpaired) electrons. The number of rotatable bonds is 4. The number of benzene rings is 3. The number of amides is 1. The third-order valence-corrected chi connectivity index (χ3v) is 7.04. The molecule has 42 heavy (non-hydrogen) atoms. The van der Waals surface area contributed by atoms with Crippen molar-refractivity contribution in [2.75, 3.05) is 12.4 Å². The van der Waals surface area contributed by atoms with E-state index in [0.29, 0.717) is 18.9 Å². The molecule has 3 aromatic carbocycles. The summed E-state index contributed by atoms with van der Waals surface area (Å²) < 4.78 is 57.0. The molecule has 0 bridgehead atoms. The molecule has 0 aliphatic heterocycles. The zero-order valence-corrected chi connectivity index (χ0v) is 23.6. The van der Waals surface area contributed by atoms with Crippen LogP contribution in [0.3, 0.4) is 0 Å². The number of carbonyl (C=O) groups excluding carboxylic acids is 2. The zero-order chi connectivity index (χ0) is 30.2.